The maximum atomic E-state index is 13.0. The molecule has 1 aliphatic heterocycles. The van der Waals surface area contributed by atoms with Crippen molar-refractivity contribution in [2.45, 2.75) is 33.1 Å². The van der Waals surface area contributed by atoms with Gasteiger partial charge in [0.25, 0.3) is 0 Å². The van der Waals surface area contributed by atoms with Crippen molar-refractivity contribution in [2.24, 2.45) is 35.5 Å². The molecule has 116 valence electrons. The third kappa shape index (κ3) is 1.81. The van der Waals surface area contributed by atoms with Gasteiger partial charge in [0.15, 0.2) is 0 Å². The number of para-hydroxylation sites is 1. The van der Waals surface area contributed by atoms with Crippen LogP contribution in [0, 0.1) is 35.5 Å². The first-order valence-corrected chi connectivity index (χ1v) is 8.52. The van der Waals surface area contributed by atoms with Crippen LogP contribution < -0.4 is 4.90 Å². The van der Waals surface area contributed by atoms with E-state index in [9.17, 15) is 9.59 Å². The molecular formula is C19H23NO2. The molecule has 4 rings (SSSR count). The Balaban J connectivity index is 1.67. The highest BCUT2D eigenvalue weighted by atomic mass is 16.2. The van der Waals surface area contributed by atoms with Crippen molar-refractivity contribution in [1.82, 2.24) is 0 Å². The largest absolute Gasteiger partial charge is 0.274 e. The lowest BCUT2D eigenvalue weighted by molar-refractivity contribution is -0.124. The number of amides is 2. The van der Waals surface area contributed by atoms with Crippen molar-refractivity contribution < 1.29 is 9.59 Å². The van der Waals surface area contributed by atoms with E-state index in [1.54, 1.807) is 0 Å². The van der Waals surface area contributed by atoms with Crippen LogP contribution in [0.25, 0.3) is 0 Å². The number of hydrogen-bond acceptors (Lipinski definition) is 2. The summed E-state index contributed by atoms with van der Waals surface area (Å²) in [5.74, 6) is 2.13. The van der Waals surface area contributed by atoms with Gasteiger partial charge in [-0.05, 0) is 55.1 Å². The van der Waals surface area contributed by atoms with Gasteiger partial charge in [0.2, 0.25) is 11.8 Å². The Morgan fingerprint density at radius 2 is 1.64 bits per heavy atom. The number of carbonyl (C=O) groups is 2. The molecule has 0 spiro atoms. The van der Waals surface area contributed by atoms with E-state index in [0.717, 1.165) is 11.6 Å². The fourth-order valence-corrected chi connectivity index (χ4v) is 5.40. The number of carbonyl (C=O) groups excluding carboxylic acids is 2. The van der Waals surface area contributed by atoms with Crippen LogP contribution in [0.5, 0.6) is 0 Å². The first-order chi connectivity index (χ1) is 10.6. The molecule has 6 atom stereocenters. The Morgan fingerprint density at radius 3 is 2.27 bits per heavy atom. The number of fused-ring (bicyclic) bond motifs is 2. The highest BCUT2D eigenvalue weighted by Gasteiger charge is 2.57. The molecule has 3 fully saturated rings. The quantitative estimate of drug-likeness (QED) is 0.784. The Hall–Kier alpha value is -1.64. The molecule has 2 bridgehead atoms. The summed E-state index contributed by atoms with van der Waals surface area (Å²) in [6, 6.07) is 9.39. The number of rotatable bonds is 2. The number of anilines is 1. The topological polar surface area (TPSA) is 37.4 Å². The molecule has 1 aromatic rings. The van der Waals surface area contributed by atoms with Gasteiger partial charge in [0, 0.05) is 5.92 Å². The van der Waals surface area contributed by atoms with Gasteiger partial charge in [0.05, 0.1) is 11.6 Å². The van der Waals surface area contributed by atoms with Crippen LogP contribution in [0.15, 0.2) is 30.3 Å². The Morgan fingerprint density at radius 1 is 0.955 bits per heavy atom. The third-order valence-electron chi connectivity index (χ3n) is 6.49. The smallest absolute Gasteiger partial charge is 0.237 e. The molecule has 22 heavy (non-hydrogen) atoms. The van der Waals surface area contributed by atoms with Crippen LogP contribution in [0.4, 0.5) is 5.69 Å². The van der Waals surface area contributed by atoms with Gasteiger partial charge in [0.1, 0.15) is 0 Å². The summed E-state index contributed by atoms with van der Waals surface area (Å²) in [7, 11) is 0. The van der Waals surface area contributed by atoms with Crippen LogP contribution in [0.1, 0.15) is 33.1 Å². The second kappa shape index (κ2) is 4.94. The van der Waals surface area contributed by atoms with Crippen molar-refractivity contribution >= 4 is 17.5 Å². The summed E-state index contributed by atoms with van der Waals surface area (Å²) in [6.07, 6.45) is 3.82. The lowest BCUT2D eigenvalue weighted by Gasteiger charge is -2.33. The molecule has 1 heterocycles. The zero-order chi connectivity index (χ0) is 15.4. The van der Waals surface area contributed by atoms with Crippen molar-refractivity contribution in [1.29, 1.82) is 0 Å². The summed E-state index contributed by atoms with van der Waals surface area (Å²) in [5.41, 5.74) is 0.725. The van der Waals surface area contributed by atoms with Gasteiger partial charge in [-0.3, -0.25) is 14.5 Å². The molecule has 6 unspecified atom stereocenters. The van der Waals surface area contributed by atoms with Crippen molar-refractivity contribution in [3.8, 4) is 0 Å². The van der Waals surface area contributed by atoms with Crippen molar-refractivity contribution in [2.75, 3.05) is 4.90 Å². The SMILES string of the molecule is CC1C(=O)N(c2ccccc2)C(=O)C1C1C2CCC(C2)C1C. The van der Waals surface area contributed by atoms with Crippen LogP contribution in [-0.4, -0.2) is 11.8 Å². The third-order valence-corrected chi connectivity index (χ3v) is 6.49. The molecule has 3 heteroatoms. The zero-order valence-electron chi connectivity index (χ0n) is 13.2. The molecule has 0 aromatic heterocycles. The van der Waals surface area contributed by atoms with Gasteiger partial charge in [-0.15, -0.1) is 0 Å². The van der Waals surface area contributed by atoms with Gasteiger partial charge in [-0.1, -0.05) is 32.0 Å². The minimum Gasteiger partial charge on any atom is -0.274 e. The van der Waals surface area contributed by atoms with Gasteiger partial charge >= 0.3 is 0 Å². The van der Waals surface area contributed by atoms with E-state index in [-0.39, 0.29) is 23.7 Å². The van der Waals surface area contributed by atoms with Gasteiger partial charge in [-0.2, -0.15) is 0 Å². The van der Waals surface area contributed by atoms with E-state index >= 15 is 0 Å². The summed E-state index contributed by atoms with van der Waals surface area (Å²) in [5, 5.41) is 0. The standard InChI is InChI=1S/C19H23NO2/c1-11-13-8-9-14(10-13)16(11)17-12(2)18(21)20(19(17)22)15-6-4-3-5-7-15/h3-7,11-14,16-17H,8-10H2,1-2H3. The van der Waals surface area contributed by atoms with Crippen molar-refractivity contribution in [3.63, 3.8) is 0 Å². The molecule has 2 aliphatic carbocycles. The zero-order valence-corrected chi connectivity index (χ0v) is 13.2. The normalized spacial score (nSPS) is 40.7. The second-order valence-corrected chi connectivity index (χ2v) is 7.43. The highest BCUT2D eigenvalue weighted by Crippen LogP contribution is 2.57. The Kier molecular flexibility index (Phi) is 3.14. The molecule has 2 saturated carbocycles. The predicted molar refractivity (Wildman–Crippen MR) is 85.1 cm³/mol. The van der Waals surface area contributed by atoms with E-state index in [0.29, 0.717) is 17.8 Å². The number of nitrogens with zero attached hydrogens (tertiary/aromatic N) is 1. The fraction of sp³-hybridized carbons (Fsp3) is 0.579. The molecule has 3 aliphatic rings. The van der Waals surface area contributed by atoms with Gasteiger partial charge < -0.3 is 0 Å². The molecule has 0 N–H and O–H groups in total. The highest BCUT2D eigenvalue weighted by molar-refractivity contribution is 6.22. The van der Waals surface area contributed by atoms with E-state index in [2.05, 4.69) is 6.92 Å². The maximum Gasteiger partial charge on any atom is 0.237 e. The lowest BCUT2D eigenvalue weighted by atomic mass is 9.70. The Bertz CT molecular complexity index is 609. The molecule has 1 aromatic carbocycles. The minimum atomic E-state index is -0.181. The summed E-state index contributed by atoms with van der Waals surface area (Å²) >= 11 is 0. The summed E-state index contributed by atoms with van der Waals surface area (Å²) in [6.45, 7) is 4.25. The van der Waals surface area contributed by atoms with Crippen LogP contribution >= 0.6 is 0 Å². The average Bonchev–Trinajstić information content (AvgIpc) is 3.16. The van der Waals surface area contributed by atoms with E-state index < -0.39 is 0 Å². The summed E-state index contributed by atoms with van der Waals surface area (Å²) in [4.78, 5) is 27.2. The number of hydrogen-bond donors (Lipinski definition) is 0. The molecule has 2 amide bonds. The van der Waals surface area contributed by atoms with E-state index in [1.165, 1.54) is 24.2 Å². The predicted octanol–water partition coefficient (Wildman–Crippen LogP) is 3.49. The van der Waals surface area contributed by atoms with Crippen LogP contribution in [0.2, 0.25) is 0 Å². The first kappa shape index (κ1) is 14.0. The number of imide groups is 1. The van der Waals surface area contributed by atoms with E-state index in [4.69, 9.17) is 0 Å². The monoisotopic (exact) mass is 297 g/mol. The minimum absolute atomic E-state index is 0.0174. The lowest BCUT2D eigenvalue weighted by Crippen LogP contribution is -2.36. The average molecular weight is 297 g/mol. The molecule has 3 nitrogen and oxygen atoms in total. The second-order valence-electron chi connectivity index (χ2n) is 7.43. The number of benzene rings is 1. The molecule has 1 saturated heterocycles. The maximum absolute atomic E-state index is 13.0. The van der Waals surface area contributed by atoms with Crippen molar-refractivity contribution in [3.05, 3.63) is 30.3 Å². The van der Waals surface area contributed by atoms with Crippen LogP contribution in [0.3, 0.4) is 0 Å². The first-order valence-electron chi connectivity index (χ1n) is 8.52. The fourth-order valence-electron chi connectivity index (χ4n) is 5.40. The molecular weight excluding hydrogens is 274 g/mol. The summed E-state index contributed by atoms with van der Waals surface area (Å²) < 4.78 is 0. The van der Waals surface area contributed by atoms with Gasteiger partial charge in [-0.25, -0.2) is 0 Å². The Labute approximate surface area is 131 Å². The van der Waals surface area contributed by atoms with Crippen LogP contribution in [-0.2, 0) is 9.59 Å². The van der Waals surface area contributed by atoms with E-state index in [1.807, 2.05) is 37.3 Å². The molecule has 0 radical (unpaired) electrons.